The molecule has 2 aromatic carbocycles. The lowest BCUT2D eigenvalue weighted by Gasteiger charge is -2.25. The summed E-state index contributed by atoms with van der Waals surface area (Å²) in [6.07, 6.45) is 0. The van der Waals surface area contributed by atoms with Gasteiger partial charge in [-0.2, -0.15) is 0 Å². The average molecular weight is 411 g/mol. The third kappa shape index (κ3) is 3.23. The molecular weight excluding hydrogens is 396 g/mol. The van der Waals surface area contributed by atoms with E-state index in [1.165, 1.54) is 52.6 Å². The predicted octanol–water partition coefficient (Wildman–Crippen LogP) is 4.96. The van der Waals surface area contributed by atoms with Crippen molar-refractivity contribution >= 4 is 34.5 Å². The molecule has 1 fully saturated rings. The van der Waals surface area contributed by atoms with Crippen molar-refractivity contribution in [3.63, 3.8) is 0 Å². The maximum atomic E-state index is 13.4. The van der Waals surface area contributed by atoms with Crippen LogP contribution in [0.2, 0.25) is 0 Å². The minimum absolute atomic E-state index is 0.0866. The molecule has 7 heteroatoms. The summed E-state index contributed by atoms with van der Waals surface area (Å²) < 4.78 is 26.7. The van der Waals surface area contributed by atoms with Gasteiger partial charge in [0.25, 0.3) is 11.7 Å². The Morgan fingerprint density at radius 2 is 1.55 bits per heavy atom. The molecular formula is C22H15F2NO3S. The summed E-state index contributed by atoms with van der Waals surface area (Å²) in [5.41, 5.74) is 1.32. The zero-order valence-corrected chi connectivity index (χ0v) is 16.0. The molecule has 0 aliphatic carbocycles. The monoisotopic (exact) mass is 411 g/mol. The molecule has 1 atom stereocenters. The molecule has 0 radical (unpaired) electrons. The number of thiophene rings is 1. The number of amides is 1. The van der Waals surface area contributed by atoms with Crippen LogP contribution in [0.4, 0.5) is 14.5 Å². The molecule has 4 nitrogen and oxygen atoms in total. The van der Waals surface area contributed by atoms with Gasteiger partial charge in [0.15, 0.2) is 0 Å². The maximum absolute atomic E-state index is 13.4. The van der Waals surface area contributed by atoms with Crippen molar-refractivity contribution in [2.24, 2.45) is 0 Å². The predicted molar refractivity (Wildman–Crippen MR) is 107 cm³/mol. The lowest BCUT2D eigenvalue weighted by atomic mass is 9.98. The summed E-state index contributed by atoms with van der Waals surface area (Å²) in [6.45, 7) is 1.84. The summed E-state index contributed by atoms with van der Waals surface area (Å²) >= 11 is 1.35. The summed E-state index contributed by atoms with van der Waals surface area (Å²) in [7, 11) is 0. The van der Waals surface area contributed by atoms with Crippen LogP contribution >= 0.6 is 11.3 Å². The number of nitrogens with zero attached hydrogens (tertiary/aromatic N) is 1. The number of carbonyl (C=O) groups excluding carboxylic acids is 2. The van der Waals surface area contributed by atoms with Crippen LogP contribution < -0.4 is 4.90 Å². The Labute approximate surface area is 169 Å². The topological polar surface area (TPSA) is 57.6 Å². The second-order valence-corrected chi connectivity index (χ2v) is 7.57. The van der Waals surface area contributed by atoms with Gasteiger partial charge in [0.1, 0.15) is 23.4 Å². The van der Waals surface area contributed by atoms with Gasteiger partial charge in [-0.15, -0.1) is 11.3 Å². The molecule has 0 bridgehead atoms. The van der Waals surface area contributed by atoms with Crippen LogP contribution in [0.25, 0.3) is 5.76 Å². The van der Waals surface area contributed by atoms with E-state index in [9.17, 15) is 23.5 Å². The van der Waals surface area contributed by atoms with Crippen molar-refractivity contribution in [2.75, 3.05) is 4.90 Å². The van der Waals surface area contributed by atoms with Crippen molar-refractivity contribution in [3.8, 4) is 0 Å². The number of rotatable bonds is 3. The van der Waals surface area contributed by atoms with E-state index in [-0.39, 0.29) is 16.9 Å². The van der Waals surface area contributed by atoms with E-state index in [1.807, 2.05) is 18.4 Å². The first-order valence-corrected chi connectivity index (χ1v) is 9.63. The molecule has 146 valence electrons. The highest BCUT2D eigenvalue weighted by molar-refractivity contribution is 7.10. The number of aliphatic hydroxyl groups is 1. The van der Waals surface area contributed by atoms with E-state index in [1.54, 1.807) is 0 Å². The standard InChI is InChI=1S/C22H15F2NO3S/c1-12-10-11-29-21(12)18-17(19(26)13-2-4-14(23)5-3-13)20(27)22(28)25(18)16-8-6-15(24)7-9-16/h2-11,18,26H,1H3/b19-17-. The first kappa shape index (κ1) is 19.0. The molecule has 1 aliphatic rings. The molecule has 1 amide bonds. The van der Waals surface area contributed by atoms with E-state index in [0.717, 1.165) is 17.7 Å². The molecule has 0 spiro atoms. The van der Waals surface area contributed by atoms with Gasteiger partial charge in [0.2, 0.25) is 0 Å². The number of anilines is 1. The smallest absolute Gasteiger partial charge is 0.300 e. The van der Waals surface area contributed by atoms with E-state index in [4.69, 9.17) is 0 Å². The van der Waals surface area contributed by atoms with E-state index in [2.05, 4.69) is 0 Å². The SMILES string of the molecule is Cc1ccsc1C1/C(=C(/O)c2ccc(F)cc2)C(=O)C(=O)N1c1ccc(F)cc1. The Bertz CT molecular complexity index is 1130. The fourth-order valence-corrected chi connectivity index (χ4v) is 4.40. The van der Waals surface area contributed by atoms with Crippen molar-refractivity contribution in [1.29, 1.82) is 0 Å². The Morgan fingerprint density at radius 1 is 0.966 bits per heavy atom. The highest BCUT2D eigenvalue weighted by Crippen LogP contribution is 2.44. The third-order valence-corrected chi connectivity index (χ3v) is 5.89. The highest BCUT2D eigenvalue weighted by atomic mass is 32.1. The van der Waals surface area contributed by atoms with Gasteiger partial charge in [0.05, 0.1) is 5.57 Å². The van der Waals surface area contributed by atoms with E-state index >= 15 is 0 Å². The molecule has 1 saturated heterocycles. The van der Waals surface area contributed by atoms with Gasteiger partial charge in [-0.3, -0.25) is 14.5 Å². The fraction of sp³-hybridized carbons (Fsp3) is 0.0909. The number of hydrogen-bond acceptors (Lipinski definition) is 4. The van der Waals surface area contributed by atoms with Gasteiger partial charge in [-0.1, -0.05) is 0 Å². The lowest BCUT2D eigenvalue weighted by molar-refractivity contribution is -0.132. The zero-order chi connectivity index (χ0) is 20.7. The van der Waals surface area contributed by atoms with Gasteiger partial charge in [-0.05, 0) is 72.5 Å². The number of aryl methyl sites for hydroxylation is 1. The van der Waals surface area contributed by atoms with Crippen molar-refractivity contribution in [1.82, 2.24) is 0 Å². The van der Waals surface area contributed by atoms with Crippen molar-refractivity contribution < 1.29 is 23.5 Å². The molecule has 2 heterocycles. The normalized spacial score (nSPS) is 18.4. The van der Waals surface area contributed by atoms with Gasteiger partial charge >= 0.3 is 0 Å². The quantitative estimate of drug-likeness (QED) is 0.376. The summed E-state index contributed by atoms with van der Waals surface area (Å²) in [6, 6.07) is 11.2. The second kappa shape index (κ2) is 7.25. The number of ketones is 1. The minimum Gasteiger partial charge on any atom is -0.507 e. The second-order valence-electron chi connectivity index (χ2n) is 6.62. The summed E-state index contributed by atoms with van der Waals surface area (Å²) in [5.74, 6) is -3.02. The zero-order valence-electron chi connectivity index (χ0n) is 15.2. The molecule has 0 saturated carbocycles. The van der Waals surface area contributed by atoms with Crippen LogP contribution in [-0.4, -0.2) is 16.8 Å². The van der Waals surface area contributed by atoms with Gasteiger partial charge in [0, 0.05) is 16.1 Å². The molecule has 29 heavy (non-hydrogen) atoms. The summed E-state index contributed by atoms with van der Waals surface area (Å²) in [4.78, 5) is 27.8. The van der Waals surface area contributed by atoms with E-state index < -0.39 is 29.4 Å². The third-order valence-electron chi connectivity index (χ3n) is 4.82. The number of aliphatic hydroxyl groups excluding tert-OH is 1. The largest absolute Gasteiger partial charge is 0.507 e. The molecule has 4 rings (SSSR count). The fourth-order valence-electron chi connectivity index (χ4n) is 3.38. The van der Waals surface area contributed by atoms with Crippen LogP contribution in [0.1, 0.15) is 22.0 Å². The van der Waals surface area contributed by atoms with Crippen LogP contribution in [0.15, 0.2) is 65.6 Å². The van der Waals surface area contributed by atoms with E-state index in [0.29, 0.717) is 10.6 Å². The number of halogens is 2. The molecule has 1 aromatic heterocycles. The minimum atomic E-state index is -0.870. The Balaban J connectivity index is 1.94. The molecule has 1 N–H and O–H groups in total. The van der Waals surface area contributed by atoms with Crippen molar-refractivity contribution in [3.05, 3.63) is 93.2 Å². The van der Waals surface area contributed by atoms with Crippen LogP contribution in [0, 0.1) is 18.6 Å². The molecule has 3 aromatic rings. The first-order valence-electron chi connectivity index (χ1n) is 8.75. The number of benzene rings is 2. The number of carbonyl (C=O) groups is 2. The first-order chi connectivity index (χ1) is 13.9. The van der Waals surface area contributed by atoms with Crippen LogP contribution in [0.5, 0.6) is 0 Å². The Kier molecular flexibility index (Phi) is 4.76. The van der Waals surface area contributed by atoms with Gasteiger partial charge in [-0.25, -0.2) is 8.78 Å². The summed E-state index contributed by atoms with van der Waals surface area (Å²) in [5, 5.41) is 12.7. The number of Topliss-reactive ketones (excluding diaryl/α,β-unsaturated/α-hetero) is 1. The molecule has 1 unspecified atom stereocenters. The van der Waals surface area contributed by atoms with Crippen LogP contribution in [0.3, 0.4) is 0 Å². The number of hydrogen-bond donors (Lipinski definition) is 1. The van der Waals surface area contributed by atoms with Crippen molar-refractivity contribution in [2.45, 2.75) is 13.0 Å². The Hall–Kier alpha value is -3.32. The maximum Gasteiger partial charge on any atom is 0.300 e. The van der Waals surface area contributed by atoms with Crippen LogP contribution in [-0.2, 0) is 9.59 Å². The Morgan fingerprint density at radius 3 is 2.10 bits per heavy atom. The lowest BCUT2D eigenvalue weighted by Crippen LogP contribution is -2.29. The van der Waals surface area contributed by atoms with Gasteiger partial charge < -0.3 is 5.11 Å². The average Bonchev–Trinajstić information content (AvgIpc) is 3.24. The molecule has 1 aliphatic heterocycles. The highest BCUT2D eigenvalue weighted by Gasteiger charge is 2.47.